The summed E-state index contributed by atoms with van der Waals surface area (Å²) < 4.78 is 0. The summed E-state index contributed by atoms with van der Waals surface area (Å²) in [4.78, 5) is 26.5. The van der Waals surface area contributed by atoms with Crippen LogP contribution in [0.4, 0.5) is 0 Å². The Balaban J connectivity index is 1.31. The Morgan fingerprint density at radius 3 is 1.86 bits per heavy atom. The first-order chi connectivity index (χ1) is 17.2. The molecule has 0 aliphatic heterocycles. The molecule has 36 heavy (non-hydrogen) atoms. The number of hydrogen-bond donors (Lipinski definition) is 2. The quantitative estimate of drug-likeness (QED) is 0.334. The summed E-state index contributed by atoms with van der Waals surface area (Å²) in [6, 6.07) is 27.7. The molecule has 0 unspecified atom stereocenters. The highest BCUT2D eigenvalue weighted by Gasteiger charge is 2.42. The van der Waals surface area contributed by atoms with Gasteiger partial charge in [0.25, 0.3) is 11.8 Å². The van der Waals surface area contributed by atoms with E-state index in [0.717, 1.165) is 40.8 Å². The van der Waals surface area contributed by atoms with Crippen LogP contribution in [-0.2, 0) is 0 Å². The fourth-order valence-corrected chi connectivity index (χ4v) is 6.37. The molecule has 2 amide bonds. The molecule has 0 radical (unpaired) electrons. The number of carbonyl (C=O) groups is 2. The number of amides is 2. The third-order valence-electron chi connectivity index (χ3n) is 7.52. The molecular formula is C32H34N2O2. The minimum atomic E-state index is -0.126. The van der Waals surface area contributed by atoms with E-state index in [4.69, 9.17) is 0 Å². The maximum atomic E-state index is 13.3. The van der Waals surface area contributed by atoms with Gasteiger partial charge in [-0.05, 0) is 63.8 Å². The van der Waals surface area contributed by atoms with Crippen LogP contribution in [0.1, 0.15) is 60.7 Å². The lowest BCUT2D eigenvalue weighted by Gasteiger charge is -2.47. The van der Waals surface area contributed by atoms with Gasteiger partial charge in [-0.25, -0.2) is 0 Å². The summed E-state index contributed by atoms with van der Waals surface area (Å²) in [7, 11) is 0. The number of fused-ring (bicyclic) bond motifs is 2. The van der Waals surface area contributed by atoms with Gasteiger partial charge in [0.1, 0.15) is 0 Å². The van der Waals surface area contributed by atoms with Gasteiger partial charge in [-0.2, -0.15) is 0 Å². The zero-order valence-electron chi connectivity index (χ0n) is 21.3. The molecule has 1 aliphatic carbocycles. The smallest absolute Gasteiger partial charge is 0.252 e. The van der Waals surface area contributed by atoms with E-state index in [1.54, 1.807) is 0 Å². The van der Waals surface area contributed by atoms with Crippen molar-refractivity contribution < 1.29 is 9.59 Å². The normalized spacial score (nSPS) is 21.2. The maximum absolute atomic E-state index is 13.3. The largest absolute Gasteiger partial charge is 0.351 e. The van der Waals surface area contributed by atoms with Crippen LogP contribution in [0.3, 0.4) is 0 Å². The second-order valence-electron chi connectivity index (χ2n) is 11.5. The number of rotatable bonds is 5. The summed E-state index contributed by atoms with van der Waals surface area (Å²) in [6.45, 7) is 7.31. The van der Waals surface area contributed by atoms with Crippen LogP contribution in [0.15, 0.2) is 84.9 Å². The molecule has 1 saturated carbocycles. The maximum Gasteiger partial charge on any atom is 0.252 e. The van der Waals surface area contributed by atoms with E-state index in [9.17, 15) is 9.59 Å². The highest BCUT2D eigenvalue weighted by Crippen LogP contribution is 2.46. The Bertz CT molecular complexity index is 1430. The number of carbonyl (C=O) groups excluding carboxylic acids is 2. The SMILES string of the molecule is CC1(C)C[C@H](NC(=O)c2cccc3ccccc23)C[C@](C)(CNC(=O)c2cccc3ccccc23)C1. The van der Waals surface area contributed by atoms with Gasteiger partial charge in [0, 0.05) is 23.7 Å². The second kappa shape index (κ2) is 9.42. The van der Waals surface area contributed by atoms with Crippen molar-refractivity contribution in [1.29, 1.82) is 0 Å². The van der Waals surface area contributed by atoms with E-state index in [2.05, 4.69) is 31.4 Å². The van der Waals surface area contributed by atoms with Crippen LogP contribution in [-0.4, -0.2) is 24.4 Å². The Hall–Kier alpha value is -3.66. The third kappa shape index (κ3) is 4.99. The molecule has 4 aromatic rings. The molecule has 1 aliphatic rings. The molecule has 4 heteroatoms. The van der Waals surface area contributed by atoms with Gasteiger partial charge in [0.05, 0.1) is 0 Å². The average molecular weight is 479 g/mol. The molecule has 0 bridgehead atoms. The summed E-state index contributed by atoms with van der Waals surface area (Å²) >= 11 is 0. The molecule has 0 spiro atoms. The summed E-state index contributed by atoms with van der Waals surface area (Å²) in [5, 5.41) is 10.6. The Morgan fingerprint density at radius 2 is 1.25 bits per heavy atom. The van der Waals surface area contributed by atoms with E-state index >= 15 is 0 Å². The van der Waals surface area contributed by atoms with Crippen LogP contribution in [0.5, 0.6) is 0 Å². The predicted molar refractivity (Wildman–Crippen MR) is 147 cm³/mol. The third-order valence-corrected chi connectivity index (χ3v) is 7.52. The fraction of sp³-hybridized carbons (Fsp3) is 0.312. The van der Waals surface area contributed by atoms with Crippen molar-refractivity contribution in [3.63, 3.8) is 0 Å². The van der Waals surface area contributed by atoms with E-state index < -0.39 is 0 Å². The second-order valence-corrected chi connectivity index (χ2v) is 11.5. The topological polar surface area (TPSA) is 58.2 Å². The Morgan fingerprint density at radius 1 is 0.722 bits per heavy atom. The van der Waals surface area contributed by atoms with E-state index in [1.165, 1.54) is 0 Å². The zero-order chi connectivity index (χ0) is 25.3. The average Bonchev–Trinajstić information content (AvgIpc) is 2.85. The van der Waals surface area contributed by atoms with E-state index in [0.29, 0.717) is 17.7 Å². The summed E-state index contributed by atoms with van der Waals surface area (Å²) in [5.74, 6) is -0.0793. The van der Waals surface area contributed by atoms with Crippen LogP contribution >= 0.6 is 0 Å². The first kappa shape index (κ1) is 24.1. The minimum absolute atomic E-state index is 0.0309. The van der Waals surface area contributed by atoms with Crippen molar-refractivity contribution in [3.05, 3.63) is 96.1 Å². The van der Waals surface area contributed by atoms with Crippen molar-refractivity contribution >= 4 is 33.4 Å². The molecule has 0 saturated heterocycles. The van der Waals surface area contributed by atoms with Gasteiger partial charge in [0.15, 0.2) is 0 Å². The Kier molecular flexibility index (Phi) is 6.29. The molecule has 0 heterocycles. The van der Waals surface area contributed by atoms with E-state index in [1.807, 2.05) is 84.9 Å². The lowest BCUT2D eigenvalue weighted by atomic mass is 9.62. The van der Waals surface area contributed by atoms with Gasteiger partial charge in [-0.15, -0.1) is 0 Å². The van der Waals surface area contributed by atoms with Crippen LogP contribution in [0.2, 0.25) is 0 Å². The molecule has 1 fully saturated rings. The van der Waals surface area contributed by atoms with Gasteiger partial charge in [-0.3, -0.25) is 9.59 Å². The highest BCUT2D eigenvalue weighted by atomic mass is 16.2. The monoisotopic (exact) mass is 478 g/mol. The zero-order valence-corrected chi connectivity index (χ0v) is 21.3. The molecule has 4 nitrogen and oxygen atoms in total. The number of nitrogens with one attached hydrogen (secondary N) is 2. The summed E-state index contributed by atoms with van der Waals surface area (Å²) in [5.41, 5.74) is 1.34. The molecule has 2 N–H and O–H groups in total. The van der Waals surface area contributed by atoms with Gasteiger partial charge in [-0.1, -0.05) is 93.6 Å². The highest BCUT2D eigenvalue weighted by molar-refractivity contribution is 6.07. The van der Waals surface area contributed by atoms with Crippen molar-refractivity contribution in [1.82, 2.24) is 10.6 Å². The van der Waals surface area contributed by atoms with Gasteiger partial charge < -0.3 is 10.6 Å². The van der Waals surface area contributed by atoms with Crippen molar-refractivity contribution in [2.24, 2.45) is 10.8 Å². The standard InChI is InChI=1S/C32H34N2O2/c1-31(2)18-24(34-30(36)28-17-9-13-23-11-5-7-15-26(23)28)19-32(3,20-31)21-33-29(35)27-16-8-12-22-10-4-6-14-25(22)27/h4-17,24H,18-21H2,1-3H3,(H,33,35)(H,34,36)/t24-,32-/m0/s1. The molecule has 184 valence electrons. The number of benzene rings is 4. The molecule has 0 aromatic heterocycles. The van der Waals surface area contributed by atoms with Crippen LogP contribution in [0.25, 0.3) is 21.5 Å². The summed E-state index contributed by atoms with van der Waals surface area (Å²) in [6.07, 6.45) is 2.72. The predicted octanol–water partition coefficient (Wildman–Crippen LogP) is 6.74. The molecular weight excluding hydrogens is 444 g/mol. The van der Waals surface area contributed by atoms with E-state index in [-0.39, 0.29) is 28.7 Å². The number of hydrogen-bond acceptors (Lipinski definition) is 2. The van der Waals surface area contributed by atoms with Gasteiger partial charge in [0.2, 0.25) is 0 Å². The van der Waals surface area contributed by atoms with Crippen molar-refractivity contribution in [2.45, 2.75) is 46.1 Å². The van der Waals surface area contributed by atoms with Gasteiger partial charge >= 0.3 is 0 Å². The minimum Gasteiger partial charge on any atom is -0.351 e. The lowest BCUT2D eigenvalue weighted by molar-refractivity contribution is 0.0593. The van der Waals surface area contributed by atoms with Crippen LogP contribution < -0.4 is 10.6 Å². The van der Waals surface area contributed by atoms with Crippen molar-refractivity contribution in [3.8, 4) is 0 Å². The lowest BCUT2D eigenvalue weighted by Crippen LogP contribution is -2.50. The Labute approximate surface area is 213 Å². The molecule has 5 rings (SSSR count). The van der Waals surface area contributed by atoms with Crippen LogP contribution in [0, 0.1) is 10.8 Å². The molecule has 2 atom stereocenters. The molecule has 4 aromatic carbocycles. The fourth-order valence-electron chi connectivity index (χ4n) is 6.37. The first-order valence-electron chi connectivity index (χ1n) is 12.8. The first-order valence-corrected chi connectivity index (χ1v) is 12.8. The van der Waals surface area contributed by atoms with Crippen molar-refractivity contribution in [2.75, 3.05) is 6.54 Å².